The molecule has 156 valence electrons. The molecule has 1 fully saturated rings. The van der Waals surface area contributed by atoms with Gasteiger partial charge in [-0.25, -0.2) is 4.39 Å². The van der Waals surface area contributed by atoms with Crippen molar-refractivity contribution < 1.29 is 23.4 Å². The first kappa shape index (κ1) is 20.9. The van der Waals surface area contributed by atoms with Gasteiger partial charge in [0, 0.05) is 38.3 Å². The minimum Gasteiger partial charge on any atom is -0.493 e. The molecule has 7 heteroatoms. The topological polar surface area (TPSA) is 51.2 Å². The molecule has 1 aliphatic heterocycles. The smallest absolute Gasteiger partial charge is 0.203 e. The molecule has 0 unspecified atom stereocenters. The molecule has 6 nitrogen and oxygen atoms in total. The highest BCUT2D eigenvalue weighted by Gasteiger charge is 2.24. The number of anilines is 1. The average molecular weight is 402 g/mol. The lowest BCUT2D eigenvalue weighted by Crippen LogP contribution is -2.46. The number of hydrogen-bond acceptors (Lipinski definition) is 6. The second-order valence-electron chi connectivity index (χ2n) is 6.95. The van der Waals surface area contributed by atoms with Crippen LogP contribution in [-0.2, 0) is 6.54 Å². The number of carbonyl (C=O) groups excluding carboxylic acids is 1. The highest BCUT2D eigenvalue weighted by atomic mass is 19.1. The van der Waals surface area contributed by atoms with Gasteiger partial charge >= 0.3 is 0 Å². The number of rotatable bonds is 7. The zero-order valence-electron chi connectivity index (χ0n) is 17.3. The number of ketones is 1. The van der Waals surface area contributed by atoms with Crippen molar-refractivity contribution in [1.29, 1.82) is 0 Å². The second kappa shape index (κ2) is 9.13. The fourth-order valence-corrected chi connectivity index (χ4v) is 3.80. The Labute approximate surface area is 170 Å². The lowest BCUT2D eigenvalue weighted by Gasteiger charge is -2.37. The van der Waals surface area contributed by atoms with Crippen LogP contribution >= 0.6 is 0 Å². The summed E-state index contributed by atoms with van der Waals surface area (Å²) in [4.78, 5) is 16.3. The van der Waals surface area contributed by atoms with E-state index in [1.165, 1.54) is 13.0 Å². The van der Waals surface area contributed by atoms with Gasteiger partial charge in [-0.05, 0) is 25.1 Å². The maximum absolute atomic E-state index is 14.1. The third kappa shape index (κ3) is 4.29. The number of piperazine rings is 1. The summed E-state index contributed by atoms with van der Waals surface area (Å²) < 4.78 is 30.5. The fraction of sp³-hybridized carbons (Fsp3) is 0.409. The monoisotopic (exact) mass is 402 g/mol. The van der Waals surface area contributed by atoms with Crippen molar-refractivity contribution in [2.24, 2.45) is 0 Å². The van der Waals surface area contributed by atoms with Crippen molar-refractivity contribution in [1.82, 2.24) is 4.90 Å². The van der Waals surface area contributed by atoms with E-state index in [4.69, 9.17) is 14.2 Å². The van der Waals surface area contributed by atoms with Crippen LogP contribution < -0.4 is 19.1 Å². The van der Waals surface area contributed by atoms with Crippen LogP contribution in [0.1, 0.15) is 22.8 Å². The highest BCUT2D eigenvalue weighted by molar-refractivity contribution is 6.00. The van der Waals surface area contributed by atoms with Gasteiger partial charge in [0.1, 0.15) is 5.82 Å². The number of halogens is 1. The van der Waals surface area contributed by atoms with Crippen LogP contribution in [0.3, 0.4) is 0 Å². The van der Waals surface area contributed by atoms with Gasteiger partial charge in [0.15, 0.2) is 17.3 Å². The maximum Gasteiger partial charge on any atom is 0.203 e. The molecule has 2 aromatic carbocycles. The van der Waals surface area contributed by atoms with Gasteiger partial charge in [0.05, 0.1) is 32.6 Å². The first-order chi connectivity index (χ1) is 14.0. The molecule has 0 aliphatic carbocycles. The first-order valence-corrected chi connectivity index (χ1v) is 9.54. The summed E-state index contributed by atoms with van der Waals surface area (Å²) in [5.74, 6) is 1.15. The molecule has 0 atom stereocenters. The fourth-order valence-electron chi connectivity index (χ4n) is 3.80. The quantitative estimate of drug-likeness (QED) is 0.662. The molecule has 0 radical (unpaired) electrons. The van der Waals surface area contributed by atoms with E-state index in [1.807, 2.05) is 18.2 Å². The number of carbonyl (C=O) groups is 1. The summed E-state index contributed by atoms with van der Waals surface area (Å²) in [5.41, 5.74) is 1.84. The minimum absolute atomic E-state index is 0.169. The van der Waals surface area contributed by atoms with Crippen LogP contribution in [0, 0.1) is 5.82 Å². The van der Waals surface area contributed by atoms with Crippen molar-refractivity contribution in [3.8, 4) is 17.2 Å². The molecule has 29 heavy (non-hydrogen) atoms. The molecular formula is C22H27FN2O4. The van der Waals surface area contributed by atoms with Crippen molar-refractivity contribution in [3.05, 3.63) is 47.3 Å². The van der Waals surface area contributed by atoms with E-state index in [2.05, 4.69) is 9.80 Å². The summed E-state index contributed by atoms with van der Waals surface area (Å²) in [6.07, 6.45) is 0. The number of hydrogen-bond donors (Lipinski definition) is 0. The van der Waals surface area contributed by atoms with Crippen LogP contribution in [0.5, 0.6) is 17.2 Å². The number of ether oxygens (including phenoxy) is 3. The normalized spacial score (nSPS) is 14.6. The molecular weight excluding hydrogens is 375 g/mol. The first-order valence-electron chi connectivity index (χ1n) is 9.54. The van der Waals surface area contributed by atoms with Gasteiger partial charge in [0.25, 0.3) is 0 Å². The van der Waals surface area contributed by atoms with Crippen LogP contribution in [0.15, 0.2) is 30.3 Å². The Bertz CT molecular complexity index is 879. The van der Waals surface area contributed by atoms with E-state index in [9.17, 15) is 9.18 Å². The molecule has 0 aromatic heterocycles. The number of Topliss-reactive ketones (excluding diaryl/α,β-unsaturated/α-hetero) is 1. The standard InChI is InChI=1S/C22H27FN2O4/c1-15(26)20-17(23)6-5-7-18(20)25-12-10-24(11-13-25)14-16-8-9-19(27-2)22(29-4)21(16)28-3/h5-9H,10-14H2,1-4H3. The van der Waals surface area contributed by atoms with E-state index in [0.29, 0.717) is 42.6 Å². The Kier molecular flexibility index (Phi) is 6.59. The predicted molar refractivity (Wildman–Crippen MR) is 110 cm³/mol. The molecule has 0 saturated carbocycles. The molecule has 1 heterocycles. The molecule has 0 spiro atoms. The Morgan fingerprint density at radius 1 is 0.966 bits per heavy atom. The summed E-state index contributed by atoms with van der Waals surface area (Å²) >= 11 is 0. The molecule has 0 N–H and O–H groups in total. The summed E-state index contributed by atoms with van der Waals surface area (Å²) in [6, 6.07) is 8.65. The zero-order valence-corrected chi connectivity index (χ0v) is 17.3. The molecule has 1 aliphatic rings. The van der Waals surface area contributed by atoms with E-state index >= 15 is 0 Å². The summed E-state index contributed by atoms with van der Waals surface area (Å²) in [6.45, 7) is 5.08. The van der Waals surface area contributed by atoms with Crippen molar-refractivity contribution in [3.63, 3.8) is 0 Å². The van der Waals surface area contributed by atoms with Crippen LogP contribution in [0.4, 0.5) is 10.1 Å². The Balaban J connectivity index is 1.73. The molecule has 3 rings (SSSR count). The van der Waals surface area contributed by atoms with Crippen LogP contribution in [0.2, 0.25) is 0 Å². The number of nitrogens with zero attached hydrogens (tertiary/aromatic N) is 2. The third-order valence-corrected chi connectivity index (χ3v) is 5.24. The molecule has 0 amide bonds. The van der Waals surface area contributed by atoms with Gasteiger partial charge < -0.3 is 19.1 Å². The molecule has 2 aromatic rings. The van der Waals surface area contributed by atoms with Gasteiger partial charge in [-0.2, -0.15) is 0 Å². The number of benzene rings is 2. The number of methoxy groups -OCH3 is 3. The van der Waals surface area contributed by atoms with Gasteiger partial charge in [-0.15, -0.1) is 0 Å². The molecule has 1 saturated heterocycles. The van der Waals surface area contributed by atoms with Gasteiger partial charge in [0.2, 0.25) is 5.75 Å². The Morgan fingerprint density at radius 2 is 1.66 bits per heavy atom. The van der Waals surface area contributed by atoms with E-state index in [0.717, 1.165) is 18.7 Å². The van der Waals surface area contributed by atoms with Crippen LogP contribution in [-0.4, -0.2) is 58.2 Å². The maximum atomic E-state index is 14.1. The Morgan fingerprint density at radius 3 is 2.24 bits per heavy atom. The third-order valence-electron chi connectivity index (χ3n) is 5.24. The average Bonchev–Trinajstić information content (AvgIpc) is 2.73. The predicted octanol–water partition coefficient (Wildman–Crippen LogP) is 3.38. The summed E-state index contributed by atoms with van der Waals surface area (Å²) in [5, 5.41) is 0. The van der Waals surface area contributed by atoms with Crippen molar-refractivity contribution in [2.45, 2.75) is 13.5 Å². The largest absolute Gasteiger partial charge is 0.493 e. The van der Waals surface area contributed by atoms with Gasteiger partial charge in [-0.3, -0.25) is 9.69 Å². The zero-order chi connectivity index (χ0) is 21.0. The highest BCUT2D eigenvalue weighted by Crippen LogP contribution is 2.40. The lowest BCUT2D eigenvalue weighted by molar-refractivity contribution is 0.101. The van der Waals surface area contributed by atoms with Gasteiger partial charge in [-0.1, -0.05) is 12.1 Å². The van der Waals surface area contributed by atoms with E-state index < -0.39 is 5.82 Å². The van der Waals surface area contributed by atoms with Crippen molar-refractivity contribution >= 4 is 11.5 Å². The van der Waals surface area contributed by atoms with Crippen molar-refractivity contribution in [2.75, 3.05) is 52.4 Å². The SMILES string of the molecule is COc1ccc(CN2CCN(c3cccc(F)c3C(C)=O)CC2)c(OC)c1OC. The minimum atomic E-state index is -0.465. The molecule has 0 bridgehead atoms. The summed E-state index contributed by atoms with van der Waals surface area (Å²) in [7, 11) is 4.80. The lowest BCUT2D eigenvalue weighted by atomic mass is 10.1. The second-order valence-corrected chi connectivity index (χ2v) is 6.95. The van der Waals surface area contributed by atoms with Crippen LogP contribution in [0.25, 0.3) is 0 Å². The Hall–Kier alpha value is -2.80. The van der Waals surface area contributed by atoms with E-state index in [-0.39, 0.29) is 11.3 Å². The van der Waals surface area contributed by atoms with E-state index in [1.54, 1.807) is 27.4 Å².